The van der Waals surface area contributed by atoms with E-state index in [-0.39, 0.29) is 29.8 Å². The molecular formula is C20H20N4O6. The second kappa shape index (κ2) is 9.03. The Bertz CT molecular complexity index is 1070. The summed E-state index contributed by atoms with van der Waals surface area (Å²) in [4.78, 5) is 39.2. The number of hydrogen-bond donors (Lipinski definition) is 2. The third kappa shape index (κ3) is 4.54. The molecule has 10 heteroatoms. The fraction of sp³-hybridized carbons (Fsp3) is 0.250. The number of H-pyrrole nitrogens is 1. The molecule has 1 aromatic carbocycles. The first-order valence-corrected chi connectivity index (χ1v) is 9.12. The van der Waals surface area contributed by atoms with Gasteiger partial charge < -0.3 is 18.9 Å². The zero-order chi connectivity index (χ0) is 21.7. The van der Waals surface area contributed by atoms with Crippen molar-refractivity contribution in [2.45, 2.75) is 20.8 Å². The van der Waals surface area contributed by atoms with Gasteiger partial charge in [0.1, 0.15) is 5.69 Å². The van der Waals surface area contributed by atoms with Gasteiger partial charge in [-0.2, -0.15) is 0 Å². The van der Waals surface area contributed by atoms with Crippen LogP contribution in [0.15, 0.2) is 34.7 Å². The van der Waals surface area contributed by atoms with Crippen LogP contribution in [0.5, 0.6) is 0 Å². The van der Waals surface area contributed by atoms with Crippen molar-refractivity contribution in [3.8, 4) is 11.5 Å². The van der Waals surface area contributed by atoms with Crippen molar-refractivity contribution in [3.63, 3.8) is 0 Å². The first-order chi connectivity index (χ1) is 14.4. The average molecular weight is 412 g/mol. The number of esters is 2. The largest absolute Gasteiger partial charge is 0.461 e. The maximum absolute atomic E-state index is 12.4. The van der Waals surface area contributed by atoms with Crippen molar-refractivity contribution < 1.29 is 28.3 Å². The van der Waals surface area contributed by atoms with E-state index in [1.54, 1.807) is 32.9 Å². The zero-order valence-corrected chi connectivity index (χ0v) is 16.6. The van der Waals surface area contributed by atoms with E-state index in [4.69, 9.17) is 13.9 Å². The number of nitrogens with zero attached hydrogens (tertiary/aromatic N) is 2. The lowest BCUT2D eigenvalue weighted by molar-refractivity contribution is -0.119. The van der Waals surface area contributed by atoms with Gasteiger partial charge in [-0.05, 0) is 38.5 Å². The standard InChI is InChI=1S/C20H20N4O6/c1-4-28-19(27)16-11(2)15(12(3)21-16)18(26)29-10-14(25)22-20-24-23-17(30-20)13-8-6-5-7-9-13/h5-9,21H,4,10H2,1-3H3,(H,22,24,25). The highest BCUT2D eigenvalue weighted by molar-refractivity contribution is 5.99. The van der Waals surface area contributed by atoms with Crippen molar-refractivity contribution in [2.24, 2.45) is 0 Å². The second-order valence-corrected chi connectivity index (χ2v) is 6.25. The molecule has 2 N–H and O–H groups in total. The average Bonchev–Trinajstić information content (AvgIpc) is 3.31. The fourth-order valence-corrected chi connectivity index (χ4v) is 2.79. The third-order valence-corrected chi connectivity index (χ3v) is 4.15. The molecule has 0 saturated heterocycles. The summed E-state index contributed by atoms with van der Waals surface area (Å²) in [6.07, 6.45) is 0. The number of aromatic nitrogens is 3. The molecule has 3 aromatic rings. The monoisotopic (exact) mass is 412 g/mol. The molecule has 0 saturated carbocycles. The first kappa shape index (κ1) is 20.8. The van der Waals surface area contributed by atoms with Crippen LogP contribution in [0.4, 0.5) is 6.01 Å². The van der Waals surface area contributed by atoms with E-state index in [0.717, 1.165) is 0 Å². The number of benzene rings is 1. The van der Waals surface area contributed by atoms with Crippen molar-refractivity contribution in [2.75, 3.05) is 18.5 Å². The number of aryl methyl sites for hydroxylation is 1. The van der Waals surface area contributed by atoms with Crippen LogP contribution in [0.25, 0.3) is 11.5 Å². The predicted octanol–water partition coefficient (Wildman–Crippen LogP) is 2.65. The highest BCUT2D eigenvalue weighted by Gasteiger charge is 2.24. The van der Waals surface area contributed by atoms with Gasteiger partial charge >= 0.3 is 18.0 Å². The summed E-state index contributed by atoms with van der Waals surface area (Å²) in [6, 6.07) is 8.93. The van der Waals surface area contributed by atoms with E-state index >= 15 is 0 Å². The molecule has 0 atom stereocenters. The first-order valence-electron chi connectivity index (χ1n) is 9.12. The molecule has 2 aromatic heterocycles. The van der Waals surface area contributed by atoms with E-state index in [1.807, 2.05) is 18.2 Å². The fourth-order valence-electron chi connectivity index (χ4n) is 2.79. The van der Waals surface area contributed by atoms with Crippen LogP contribution in [0.1, 0.15) is 39.0 Å². The van der Waals surface area contributed by atoms with Crippen LogP contribution >= 0.6 is 0 Å². The minimum absolute atomic E-state index is 0.117. The molecule has 2 heterocycles. The molecule has 3 rings (SSSR count). The number of amides is 1. The van der Waals surface area contributed by atoms with Crippen molar-refractivity contribution in [1.82, 2.24) is 15.2 Å². The Morgan fingerprint density at radius 2 is 1.80 bits per heavy atom. The smallest absolute Gasteiger partial charge is 0.355 e. The third-order valence-electron chi connectivity index (χ3n) is 4.15. The summed E-state index contributed by atoms with van der Waals surface area (Å²) >= 11 is 0. The summed E-state index contributed by atoms with van der Waals surface area (Å²) in [5.41, 5.74) is 1.87. The molecule has 0 radical (unpaired) electrons. The Kier molecular flexibility index (Phi) is 6.26. The number of ether oxygens (including phenoxy) is 2. The Labute approximate surface area is 171 Å². The van der Waals surface area contributed by atoms with E-state index in [9.17, 15) is 14.4 Å². The molecule has 0 spiro atoms. The van der Waals surface area contributed by atoms with Gasteiger partial charge in [-0.1, -0.05) is 23.3 Å². The highest BCUT2D eigenvalue weighted by atomic mass is 16.5. The maximum Gasteiger partial charge on any atom is 0.355 e. The van der Waals surface area contributed by atoms with Crippen LogP contribution < -0.4 is 5.32 Å². The van der Waals surface area contributed by atoms with Crippen LogP contribution in [-0.4, -0.2) is 46.2 Å². The summed E-state index contributed by atoms with van der Waals surface area (Å²) in [5.74, 6) is -1.72. The van der Waals surface area contributed by atoms with Gasteiger partial charge in [-0.25, -0.2) is 9.59 Å². The topological polar surface area (TPSA) is 136 Å². The summed E-state index contributed by atoms with van der Waals surface area (Å²) < 4.78 is 15.4. The number of rotatable bonds is 7. The van der Waals surface area contributed by atoms with Crippen LogP contribution in [-0.2, 0) is 14.3 Å². The minimum atomic E-state index is -0.748. The van der Waals surface area contributed by atoms with Crippen LogP contribution in [0.3, 0.4) is 0 Å². The number of carbonyl (C=O) groups excluding carboxylic acids is 3. The molecule has 0 aliphatic heterocycles. The second-order valence-electron chi connectivity index (χ2n) is 6.25. The molecule has 30 heavy (non-hydrogen) atoms. The minimum Gasteiger partial charge on any atom is -0.461 e. The van der Waals surface area contributed by atoms with Gasteiger partial charge in [0.2, 0.25) is 5.89 Å². The van der Waals surface area contributed by atoms with Gasteiger partial charge in [0.25, 0.3) is 5.91 Å². The Balaban J connectivity index is 1.60. The predicted molar refractivity (Wildman–Crippen MR) is 105 cm³/mol. The van der Waals surface area contributed by atoms with Gasteiger partial charge in [0, 0.05) is 11.3 Å². The Morgan fingerprint density at radius 3 is 2.50 bits per heavy atom. The summed E-state index contributed by atoms with van der Waals surface area (Å²) in [7, 11) is 0. The lowest BCUT2D eigenvalue weighted by Gasteiger charge is -2.05. The summed E-state index contributed by atoms with van der Waals surface area (Å²) in [6.45, 7) is 4.54. The summed E-state index contributed by atoms with van der Waals surface area (Å²) in [5, 5.41) is 9.96. The Morgan fingerprint density at radius 1 is 1.07 bits per heavy atom. The van der Waals surface area contributed by atoms with Gasteiger partial charge in [-0.15, -0.1) is 5.10 Å². The normalized spacial score (nSPS) is 10.5. The van der Waals surface area contributed by atoms with Gasteiger partial charge in [-0.3, -0.25) is 10.1 Å². The van der Waals surface area contributed by atoms with E-state index in [1.165, 1.54) is 0 Å². The van der Waals surface area contributed by atoms with Crippen molar-refractivity contribution >= 4 is 23.9 Å². The molecule has 10 nitrogen and oxygen atoms in total. The zero-order valence-electron chi connectivity index (χ0n) is 16.6. The van der Waals surface area contributed by atoms with E-state index < -0.39 is 24.5 Å². The van der Waals surface area contributed by atoms with Crippen molar-refractivity contribution in [1.29, 1.82) is 0 Å². The molecule has 0 fully saturated rings. The number of hydrogen-bond acceptors (Lipinski definition) is 8. The number of nitrogens with one attached hydrogen (secondary N) is 2. The number of carbonyl (C=O) groups is 3. The molecule has 0 aliphatic rings. The molecule has 156 valence electrons. The van der Waals surface area contributed by atoms with Gasteiger partial charge in [0.15, 0.2) is 6.61 Å². The number of aromatic amines is 1. The lowest BCUT2D eigenvalue weighted by Crippen LogP contribution is -2.21. The molecular weight excluding hydrogens is 392 g/mol. The quantitative estimate of drug-likeness (QED) is 0.565. The molecule has 0 bridgehead atoms. The van der Waals surface area contributed by atoms with E-state index in [0.29, 0.717) is 16.8 Å². The lowest BCUT2D eigenvalue weighted by atomic mass is 10.1. The SMILES string of the molecule is CCOC(=O)c1[nH]c(C)c(C(=O)OCC(=O)Nc2nnc(-c3ccccc3)o2)c1C. The van der Waals surface area contributed by atoms with Crippen LogP contribution in [0.2, 0.25) is 0 Å². The Hall–Kier alpha value is -3.95. The molecule has 0 unspecified atom stereocenters. The van der Waals surface area contributed by atoms with Gasteiger partial charge in [0.05, 0.1) is 12.2 Å². The van der Waals surface area contributed by atoms with Crippen molar-refractivity contribution in [3.05, 3.63) is 52.8 Å². The van der Waals surface area contributed by atoms with Crippen LogP contribution in [0, 0.1) is 13.8 Å². The maximum atomic E-state index is 12.4. The molecule has 0 aliphatic carbocycles. The number of anilines is 1. The van der Waals surface area contributed by atoms with E-state index in [2.05, 4.69) is 20.5 Å². The molecule has 1 amide bonds. The highest BCUT2D eigenvalue weighted by Crippen LogP contribution is 2.21.